The van der Waals surface area contributed by atoms with Gasteiger partial charge in [0.1, 0.15) is 72.7 Å². The van der Waals surface area contributed by atoms with Crippen LogP contribution in [-0.2, 0) is 33.2 Å². The van der Waals surface area contributed by atoms with Crippen LogP contribution in [0.25, 0.3) is 0 Å². The van der Waals surface area contributed by atoms with Gasteiger partial charge in [-0.1, -0.05) is 0 Å². The zero-order chi connectivity index (χ0) is 38.9. The van der Waals surface area contributed by atoms with E-state index in [2.05, 4.69) is 5.32 Å². The van der Waals surface area contributed by atoms with Gasteiger partial charge in [0, 0.05) is 38.0 Å². The Morgan fingerprint density at radius 2 is 1.28 bits per heavy atom. The molecule has 0 aromatic heterocycles. The van der Waals surface area contributed by atoms with E-state index in [1.54, 1.807) is 0 Å². The molecule has 21 atom stereocenters. The number of rotatable bonds is 16. The smallest absolute Gasteiger partial charge is 0.187 e. The molecule has 22 nitrogen and oxygen atoms in total. The van der Waals surface area contributed by atoms with E-state index in [1.165, 1.54) is 0 Å². The first-order valence-electron chi connectivity index (χ1n) is 18.1. The molecule has 22 heteroatoms. The maximum absolute atomic E-state index is 13.0. The first kappa shape index (κ1) is 43.0. The van der Waals surface area contributed by atoms with Gasteiger partial charge in [-0.2, -0.15) is 0 Å². The number of aliphatic hydroxyl groups excluding tert-OH is 7. The van der Waals surface area contributed by atoms with Crippen LogP contribution in [0.15, 0.2) is 0 Å². The Hall–Kier alpha value is -1.17. The molecule has 2 unspecified atom stereocenters. The molecule has 0 aromatic carbocycles. The van der Waals surface area contributed by atoms with Gasteiger partial charge in [-0.05, 0) is 31.8 Å². The Balaban J connectivity index is 1.36. The Kier molecular flexibility index (Phi) is 14.6. The third-order valence-electron chi connectivity index (χ3n) is 11.0. The van der Waals surface area contributed by atoms with Crippen LogP contribution in [0.3, 0.4) is 0 Å². The molecule has 0 amide bonds. The quantitative estimate of drug-likeness (QED) is 0.0648. The standard InChI is InChI=1S/C31H59N7O15/c32-2-1-3-38-8-13-21(43)23(45)18(37)29(49-13)51-25-11(34)4-10(5-16(40)31(47)6-15(31)35)19(41)27(25)53-30-24(46)26(14(9-39)50-30)52-28-17(36)22(44)20(42)12(7-33)48-28/h10-15,17-30,38-39,41-47H,1-9,32-37H2/t10-,11-,12-,13+,14+,15?,17+,18+,19-,20+,21+,22+,23+,24+,25+,26+,27+,28+,29+,30-,31?/m0/s1. The molecule has 308 valence electrons. The number of carbonyl (C=O) groups is 1. The Bertz CT molecular complexity index is 1200. The van der Waals surface area contributed by atoms with Crippen LogP contribution >= 0.6 is 0 Å². The molecule has 0 bridgehead atoms. The maximum atomic E-state index is 13.0. The van der Waals surface area contributed by atoms with Crippen molar-refractivity contribution in [1.29, 1.82) is 0 Å². The van der Waals surface area contributed by atoms with Crippen molar-refractivity contribution >= 4 is 5.78 Å². The molecule has 0 radical (unpaired) electrons. The molecule has 21 N–H and O–H groups in total. The highest BCUT2D eigenvalue weighted by Crippen LogP contribution is 2.41. The molecular formula is C31H59N7O15. The summed E-state index contributed by atoms with van der Waals surface area (Å²) >= 11 is 0. The zero-order valence-electron chi connectivity index (χ0n) is 29.3. The van der Waals surface area contributed by atoms with Crippen LogP contribution in [0.1, 0.15) is 25.7 Å². The molecule has 53 heavy (non-hydrogen) atoms. The van der Waals surface area contributed by atoms with Crippen LogP contribution in [0.4, 0.5) is 0 Å². The van der Waals surface area contributed by atoms with Crippen molar-refractivity contribution in [2.45, 2.75) is 148 Å². The van der Waals surface area contributed by atoms with E-state index in [1.807, 2.05) is 0 Å². The fraction of sp³-hybridized carbons (Fsp3) is 0.968. The van der Waals surface area contributed by atoms with Crippen LogP contribution in [0.2, 0.25) is 0 Å². The number of nitrogens with two attached hydrogens (primary N) is 6. The van der Waals surface area contributed by atoms with Crippen molar-refractivity contribution in [3.63, 3.8) is 0 Å². The van der Waals surface area contributed by atoms with Crippen LogP contribution < -0.4 is 39.7 Å². The van der Waals surface area contributed by atoms with Crippen LogP contribution in [0, 0.1) is 5.92 Å². The third kappa shape index (κ3) is 9.03. The minimum absolute atomic E-state index is 0.0214. The number of ketones is 1. The average molecular weight is 770 g/mol. The van der Waals surface area contributed by atoms with Gasteiger partial charge >= 0.3 is 0 Å². The number of carbonyl (C=O) groups excluding carboxylic acids is 1. The molecule has 3 saturated heterocycles. The highest BCUT2D eigenvalue weighted by molar-refractivity contribution is 5.91. The number of hydrogen-bond donors (Lipinski definition) is 15. The second-order valence-electron chi connectivity index (χ2n) is 14.8. The number of Topliss-reactive ketones (excluding diaryl/α,β-unsaturated/α-hetero) is 1. The largest absolute Gasteiger partial charge is 0.394 e. The lowest BCUT2D eigenvalue weighted by atomic mass is 9.76. The second kappa shape index (κ2) is 18.0. The van der Waals surface area contributed by atoms with Gasteiger partial charge in [-0.3, -0.25) is 4.79 Å². The minimum Gasteiger partial charge on any atom is -0.394 e. The number of aliphatic hydroxyl groups is 8. The predicted octanol–water partition coefficient (Wildman–Crippen LogP) is -9.21. The lowest BCUT2D eigenvalue weighted by Crippen LogP contribution is -2.67. The molecule has 3 heterocycles. The van der Waals surface area contributed by atoms with E-state index in [0.29, 0.717) is 19.5 Å². The summed E-state index contributed by atoms with van der Waals surface area (Å²) in [7, 11) is 0. The number of ether oxygens (including phenoxy) is 6. The van der Waals surface area contributed by atoms with Gasteiger partial charge in [0.25, 0.3) is 0 Å². The summed E-state index contributed by atoms with van der Waals surface area (Å²) in [6.45, 7) is 0.126. The van der Waals surface area contributed by atoms with Crippen molar-refractivity contribution in [1.82, 2.24) is 5.32 Å². The second-order valence-corrected chi connectivity index (χ2v) is 14.8. The summed E-state index contributed by atoms with van der Waals surface area (Å²) in [5, 5.41) is 89.1. The van der Waals surface area contributed by atoms with Crippen LogP contribution in [0.5, 0.6) is 0 Å². The van der Waals surface area contributed by atoms with E-state index < -0.39 is 140 Å². The molecular weight excluding hydrogens is 710 g/mol. The summed E-state index contributed by atoms with van der Waals surface area (Å²) in [5.41, 5.74) is 34.1. The third-order valence-corrected chi connectivity index (χ3v) is 11.0. The van der Waals surface area contributed by atoms with E-state index in [9.17, 15) is 45.6 Å². The lowest BCUT2D eigenvalue weighted by molar-refractivity contribution is -0.310. The van der Waals surface area contributed by atoms with Gasteiger partial charge < -0.3 is 109 Å². The van der Waals surface area contributed by atoms with Gasteiger partial charge in [-0.15, -0.1) is 0 Å². The number of nitrogens with one attached hydrogen (secondary N) is 1. The van der Waals surface area contributed by atoms with Gasteiger partial charge in [0.05, 0.1) is 24.8 Å². The number of hydrogen-bond acceptors (Lipinski definition) is 22. The monoisotopic (exact) mass is 769 g/mol. The SMILES string of the molecule is NCCCNC[C@H]1O[C@H](O[C@H]2[C@H](O[C@@H]3O[C@H](CO)[C@@H](O[C@H]4O[C@@H](CN)[C@@H](O)[C@H](O)[C@H]4N)[C@H]3O)[C@@H](O)[C@H](CC(=O)C3(O)CC3N)C[C@@H]2N)[C@H](N)[C@@H](O)[C@@H]1O. The van der Waals surface area contributed by atoms with Crippen molar-refractivity contribution in [2.24, 2.45) is 40.3 Å². The summed E-state index contributed by atoms with van der Waals surface area (Å²) in [4.78, 5) is 13.0. The van der Waals surface area contributed by atoms with Crippen molar-refractivity contribution in [3.8, 4) is 0 Å². The first-order chi connectivity index (χ1) is 25.1. The summed E-state index contributed by atoms with van der Waals surface area (Å²) < 4.78 is 35.7. The van der Waals surface area contributed by atoms with Crippen molar-refractivity contribution < 1.29 is 74.1 Å². The van der Waals surface area contributed by atoms with Gasteiger partial charge in [0.15, 0.2) is 24.7 Å². The molecule has 5 fully saturated rings. The van der Waals surface area contributed by atoms with Crippen LogP contribution in [-0.4, -0.2) is 201 Å². The Morgan fingerprint density at radius 1 is 0.736 bits per heavy atom. The highest BCUT2D eigenvalue weighted by Gasteiger charge is 2.59. The Labute approximate surface area is 305 Å². The van der Waals surface area contributed by atoms with E-state index in [4.69, 9.17) is 62.8 Å². The fourth-order valence-corrected chi connectivity index (χ4v) is 7.46. The van der Waals surface area contributed by atoms with E-state index >= 15 is 0 Å². The molecule has 2 saturated carbocycles. The zero-order valence-corrected chi connectivity index (χ0v) is 29.3. The summed E-state index contributed by atoms with van der Waals surface area (Å²) in [6.07, 6.45) is -20.7. The lowest BCUT2D eigenvalue weighted by Gasteiger charge is -2.48. The molecule has 3 aliphatic heterocycles. The minimum atomic E-state index is -1.74. The normalized spacial score (nSPS) is 50.3. The van der Waals surface area contributed by atoms with Crippen molar-refractivity contribution in [2.75, 3.05) is 32.8 Å². The first-order valence-corrected chi connectivity index (χ1v) is 18.1. The van der Waals surface area contributed by atoms with Crippen molar-refractivity contribution in [3.05, 3.63) is 0 Å². The molecule has 2 aliphatic carbocycles. The summed E-state index contributed by atoms with van der Waals surface area (Å²) in [5.74, 6) is -1.50. The van der Waals surface area contributed by atoms with Gasteiger partial charge in [0.2, 0.25) is 0 Å². The fourth-order valence-electron chi connectivity index (χ4n) is 7.46. The van der Waals surface area contributed by atoms with Gasteiger partial charge in [-0.25, -0.2) is 0 Å². The average Bonchev–Trinajstić information content (AvgIpc) is 3.66. The molecule has 0 aromatic rings. The van der Waals surface area contributed by atoms with E-state index in [0.717, 1.165) is 0 Å². The van der Waals surface area contributed by atoms with E-state index in [-0.39, 0.29) is 32.4 Å². The molecule has 0 spiro atoms. The Morgan fingerprint density at radius 3 is 1.85 bits per heavy atom. The predicted molar refractivity (Wildman–Crippen MR) is 179 cm³/mol. The summed E-state index contributed by atoms with van der Waals surface area (Å²) in [6, 6.07) is -4.34. The maximum Gasteiger partial charge on any atom is 0.187 e. The molecule has 5 rings (SSSR count). The highest BCUT2D eigenvalue weighted by atomic mass is 16.8. The molecule has 5 aliphatic rings. The topological polar surface area (TPSA) is 402 Å².